The normalized spacial score (nSPS) is 10.6. The fourth-order valence-electron chi connectivity index (χ4n) is 2.43. The fourth-order valence-corrected chi connectivity index (χ4v) is 3.40. The number of carbonyl (C=O) groups is 2. The Kier molecular flexibility index (Phi) is 5.40. The number of anilines is 1. The average molecular weight is 353 g/mol. The SMILES string of the molecule is CC(=O)NCCCC(=O)Nc1ccc(-c2nc3ccccc3s2)cc1. The van der Waals surface area contributed by atoms with Crippen LogP contribution in [0.25, 0.3) is 20.8 Å². The van der Waals surface area contributed by atoms with Crippen molar-refractivity contribution in [3.63, 3.8) is 0 Å². The van der Waals surface area contributed by atoms with Gasteiger partial charge in [0.1, 0.15) is 5.01 Å². The fraction of sp³-hybridized carbons (Fsp3) is 0.211. The highest BCUT2D eigenvalue weighted by molar-refractivity contribution is 7.21. The van der Waals surface area contributed by atoms with Crippen molar-refractivity contribution >= 4 is 39.1 Å². The summed E-state index contributed by atoms with van der Waals surface area (Å²) in [6.45, 7) is 1.98. The smallest absolute Gasteiger partial charge is 0.224 e. The Morgan fingerprint density at radius 2 is 1.84 bits per heavy atom. The van der Waals surface area contributed by atoms with Gasteiger partial charge in [-0.1, -0.05) is 12.1 Å². The van der Waals surface area contributed by atoms with E-state index < -0.39 is 0 Å². The second-order valence-electron chi connectivity index (χ2n) is 5.70. The third kappa shape index (κ3) is 4.64. The quantitative estimate of drug-likeness (QED) is 0.662. The van der Waals surface area contributed by atoms with Crippen molar-refractivity contribution in [2.45, 2.75) is 19.8 Å². The Labute approximate surface area is 150 Å². The van der Waals surface area contributed by atoms with Crippen LogP contribution >= 0.6 is 11.3 Å². The van der Waals surface area contributed by atoms with Crippen LogP contribution in [0.15, 0.2) is 48.5 Å². The third-order valence-electron chi connectivity index (χ3n) is 3.66. The number of fused-ring (bicyclic) bond motifs is 1. The predicted octanol–water partition coefficient (Wildman–Crippen LogP) is 3.82. The van der Waals surface area contributed by atoms with Crippen LogP contribution in [-0.4, -0.2) is 23.3 Å². The van der Waals surface area contributed by atoms with Crippen LogP contribution in [-0.2, 0) is 9.59 Å². The second-order valence-corrected chi connectivity index (χ2v) is 6.73. The van der Waals surface area contributed by atoms with E-state index in [0.29, 0.717) is 19.4 Å². The first-order valence-electron chi connectivity index (χ1n) is 8.12. The molecule has 0 spiro atoms. The lowest BCUT2D eigenvalue weighted by atomic mass is 10.2. The molecule has 1 aromatic heterocycles. The zero-order valence-electron chi connectivity index (χ0n) is 13.9. The minimum Gasteiger partial charge on any atom is -0.356 e. The standard InChI is InChI=1S/C19H19N3O2S/c1-13(23)20-12-4-7-18(24)21-15-10-8-14(9-11-15)19-22-16-5-2-3-6-17(16)25-19/h2-3,5-6,8-11H,4,7,12H2,1H3,(H,20,23)(H,21,24). The van der Waals surface area contributed by atoms with E-state index in [4.69, 9.17) is 0 Å². The first kappa shape index (κ1) is 17.1. The number of amides is 2. The molecule has 1 heterocycles. The Bertz CT molecular complexity index is 854. The predicted molar refractivity (Wildman–Crippen MR) is 102 cm³/mol. The van der Waals surface area contributed by atoms with Crippen LogP contribution in [0.2, 0.25) is 0 Å². The van der Waals surface area contributed by atoms with E-state index in [0.717, 1.165) is 26.5 Å². The van der Waals surface area contributed by atoms with Gasteiger partial charge in [0.25, 0.3) is 0 Å². The molecule has 0 atom stereocenters. The molecule has 2 amide bonds. The number of benzene rings is 2. The highest BCUT2D eigenvalue weighted by atomic mass is 32.1. The maximum atomic E-state index is 11.9. The van der Waals surface area contributed by atoms with Gasteiger partial charge in [-0.05, 0) is 42.8 Å². The van der Waals surface area contributed by atoms with Gasteiger partial charge < -0.3 is 10.6 Å². The third-order valence-corrected chi connectivity index (χ3v) is 4.75. The summed E-state index contributed by atoms with van der Waals surface area (Å²) in [6.07, 6.45) is 0.995. The van der Waals surface area contributed by atoms with Gasteiger partial charge in [0.15, 0.2) is 0 Å². The lowest BCUT2D eigenvalue weighted by molar-refractivity contribution is -0.119. The lowest BCUT2D eigenvalue weighted by Crippen LogP contribution is -2.22. The number of thiazole rings is 1. The second kappa shape index (κ2) is 7.90. The maximum Gasteiger partial charge on any atom is 0.224 e. The molecule has 0 aliphatic heterocycles. The summed E-state index contributed by atoms with van der Waals surface area (Å²) in [5, 5.41) is 6.51. The molecule has 3 aromatic rings. The van der Waals surface area contributed by atoms with Crippen LogP contribution in [0.1, 0.15) is 19.8 Å². The molecule has 0 saturated heterocycles. The van der Waals surface area contributed by atoms with Gasteiger partial charge in [0.05, 0.1) is 10.2 Å². The number of aromatic nitrogens is 1. The van der Waals surface area contributed by atoms with Gasteiger partial charge in [-0.2, -0.15) is 0 Å². The van der Waals surface area contributed by atoms with E-state index in [9.17, 15) is 9.59 Å². The van der Waals surface area contributed by atoms with Crippen molar-refractivity contribution in [1.29, 1.82) is 0 Å². The Morgan fingerprint density at radius 3 is 2.56 bits per heavy atom. The van der Waals surface area contributed by atoms with Crippen molar-refractivity contribution in [3.8, 4) is 10.6 Å². The molecular weight excluding hydrogens is 334 g/mol. The van der Waals surface area contributed by atoms with Gasteiger partial charge in [-0.25, -0.2) is 4.98 Å². The van der Waals surface area contributed by atoms with Crippen molar-refractivity contribution < 1.29 is 9.59 Å². The van der Waals surface area contributed by atoms with E-state index in [1.54, 1.807) is 11.3 Å². The van der Waals surface area contributed by atoms with Gasteiger partial charge in [-0.15, -0.1) is 11.3 Å². The summed E-state index contributed by atoms with van der Waals surface area (Å²) in [4.78, 5) is 27.3. The highest BCUT2D eigenvalue weighted by Gasteiger charge is 2.07. The number of hydrogen-bond acceptors (Lipinski definition) is 4. The molecular formula is C19H19N3O2S. The van der Waals surface area contributed by atoms with Gasteiger partial charge >= 0.3 is 0 Å². The van der Waals surface area contributed by atoms with Crippen LogP contribution in [0.4, 0.5) is 5.69 Å². The van der Waals surface area contributed by atoms with Crippen LogP contribution < -0.4 is 10.6 Å². The van der Waals surface area contributed by atoms with Crippen molar-refractivity contribution in [2.75, 3.05) is 11.9 Å². The summed E-state index contributed by atoms with van der Waals surface area (Å²) in [5.74, 6) is -0.135. The molecule has 6 heteroatoms. The van der Waals surface area contributed by atoms with Gasteiger partial charge in [-0.3, -0.25) is 9.59 Å². The Hall–Kier alpha value is -2.73. The minimum atomic E-state index is -0.0779. The summed E-state index contributed by atoms with van der Waals surface area (Å²) >= 11 is 1.65. The zero-order chi connectivity index (χ0) is 17.6. The number of rotatable bonds is 6. The summed E-state index contributed by atoms with van der Waals surface area (Å²) in [6, 6.07) is 15.7. The van der Waals surface area contributed by atoms with E-state index in [-0.39, 0.29) is 11.8 Å². The molecule has 0 aliphatic carbocycles. The number of nitrogens with one attached hydrogen (secondary N) is 2. The largest absolute Gasteiger partial charge is 0.356 e. The Morgan fingerprint density at radius 1 is 1.08 bits per heavy atom. The molecule has 0 saturated carbocycles. The molecule has 0 bridgehead atoms. The zero-order valence-corrected chi connectivity index (χ0v) is 14.7. The van der Waals surface area contributed by atoms with Gasteiger partial charge in [0.2, 0.25) is 11.8 Å². The molecule has 2 aromatic carbocycles. The van der Waals surface area contributed by atoms with Gasteiger partial charge in [0, 0.05) is 31.1 Å². The maximum absolute atomic E-state index is 11.9. The topological polar surface area (TPSA) is 71.1 Å². The summed E-state index contributed by atoms with van der Waals surface area (Å²) < 4.78 is 1.16. The molecule has 3 rings (SSSR count). The summed E-state index contributed by atoms with van der Waals surface area (Å²) in [7, 11) is 0. The average Bonchev–Trinajstić information content (AvgIpc) is 3.03. The number of hydrogen-bond donors (Lipinski definition) is 2. The molecule has 0 radical (unpaired) electrons. The van der Waals surface area contributed by atoms with E-state index in [1.807, 2.05) is 42.5 Å². The van der Waals surface area contributed by atoms with Crippen molar-refractivity contribution in [3.05, 3.63) is 48.5 Å². The lowest BCUT2D eigenvalue weighted by Gasteiger charge is -2.06. The van der Waals surface area contributed by atoms with Crippen LogP contribution in [0, 0.1) is 0 Å². The van der Waals surface area contributed by atoms with E-state index in [2.05, 4.69) is 21.7 Å². The molecule has 5 nitrogen and oxygen atoms in total. The number of para-hydroxylation sites is 1. The molecule has 0 fully saturated rings. The number of carbonyl (C=O) groups excluding carboxylic acids is 2. The molecule has 0 aliphatic rings. The first-order chi connectivity index (χ1) is 12.1. The van der Waals surface area contributed by atoms with E-state index in [1.165, 1.54) is 6.92 Å². The first-order valence-corrected chi connectivity index (χ1v) is 8.94. The summed E-state index contributed by atoms with van der Waals surface area (Å²) in [5.41, 5.74) is 2.79. The minimum absolute atomic E-state index is 0.0573. The Balaban J connectivity index is 1.58. The monoisotopic (exact) mass is 353 g/mol. The van der Waals surface area contributed by atoms with Crippen molar-refractivity contribution in [1.82, 2.24) is 10.3 Å². The molecule has 128 valence electrons. The highest BCUT2D eigenvalue weighted by Crippen LogP contribution is 2.30. The van der Waals surface area contributed by atoms with E-state index >= 15 is 0 Å². The molecule has 25 heavy (non-hydrogen) atoms. The van der Waals surface area contributed by atoms with Crippen molar-refractivity contribution in [2.24, 2.45) is 0 Å². The number of nitrogens with zero attached hydrogens (tertiary/aromatic N) is 1. The molecule has 2 N–H and O–H groups in total. The van der Waals surface area contributed by atoms with Crippen LogP contribution in [0.5, 0.6) is 0 Å². The van der Waals surface area contributed by atoms with Crippen LogP contribution in [0.3, 0.4) is 0 Å². The molecule has 0 unspecified atom stereocenters.